The second-order valence-electron chi connectivity index (χ2n) is 7.05. The number of halogens is 1. The molecule has 1 saturated heterocycles. The molecule has 2 aromatic carbocycles. The van der Waals surface area contributed by atoms with Gasteiger partial charge in [0.1, 0.15) is 13.2 Å². The summed E-state index contributed by atoms with van der Waals surface area (Å²) in [7, 11) is 0. The van der Waals surface area contributed by atoms with E-state index in [0.717, 1.165) is 53.6 Å². The largest absolute Gasteiger partial charge is 0.486 e. The fraction of sp³-hybridized carbons (Fsp3) is 0.409. The number of benzene rings is 2. The molecule has 0 saturated carbocycles. The number of amides is 1. The Morgan fingerprint density at radius 1 is 1.11 bits per heavy atom. The minimum atomic E-state index is 0.146. The highest BCUT2D eigenvalue weighted by Crippen LogP contribution is 2.38. The van der Waals surface area contributed by atoms with Gasteiger partial charge in [-0.05, 0) is 67.0 Å². The molecule has 0 aliphatic carbocycles. The summed E-state index contributed by atoms with van der Waals surface area (Å²) in [6.07, 6.45) is 3.51. The molecular formula is C22H24ClNO3S. The van der Waals surface area contributed by atoms with E-state index in [1.807, 2.05) is 41.3 Å². The van der Waals surface area contributed by atoms with Gasteiger partial charge in [0.05, 0.1) is 6.04 Å². The maximum Gasteiger partial charge on any atom is 0.223 e. The highest BCUT2D eigenvalue weighted by atomic mass is 35.5. The third kappa shape index (κ3) is 4.58. The lowest BCUT2D eigenvalue weighted by atomic mass is 10.0. The van der Waals surface area contributed by atoms with Crippen molar-refractivity contribution in [3.63, 3.8) is 0 Å². The lowest BCUT2D eigenvalue weighted by molar-refractivity contribution is -0.132. The first-order chi connectivity index (χ1) is 13.7. The van der Waals surface area contributed by atoms with E-state index in [1.54, 1.807) is 11.8 Å². The van der Waals surface area contributed by atoms with Crippen molar-refractivity contribution >= 4 is 29.3 Å². The van der Waals surface area contributed by atoms with E-state index in [-0.39, 0.29) is 11.9 Å². The molecule has 2 aliphatic heterocycles. The Balaban J connectivity index is 1.31. The van der Waals surface area contributed by atoms with Gasteiger partial charge in [0, 0.05) is 22.9 Å². The van der Waals surface area contributed by atoms with Gasteiger partial charge >= 0.3 is 0 Å². The number of rotatable bonds is 6. The third-order valence-corrected chi connectivity index (χ3v) is 6.49. The molecule has 4 rings (SSSR count). The number of thioether (sulfide) groups is 1. The number of likely N-dealkylation sites (tertiary alicyclic amines) is 1. The molecule has 1 amide bonds. The summed E-state index contributed by atoms with van der Waals surface area (Å²) in [5.74, 6) is 2.76. The predicted octanol–water partition coefficient (Wildman–Crippen LogP) is 5.35. The minimum absolute atomic E-state index is 0.146. The van der Waals surface area contributed by atoms with Gasteiger partial charge in [-0.15, -0.1) is 11.8 Å². The summed E-state index contributed by atoms with van der Waals surface area (Å²) >= 11 is 7.68. The van der Waals surface area contributed by atoms with Gasteiger partial charge in [-0.25, -0.2) is 0 Å². The molecule has 0 bridgehead atoms. The highest BCUT2D eigenvalue weighted by Gasteiger charge is 2.30. The van der Waals surface area contributed by atoms with Crippen LogP contribution in [-0.4, -0.2) is 36.3 Å². The van der Waals surface area contributed by atoms with Crippen LogP contribution in [0.25, 0.3) is 0 Å². The molecule has 0 N–H and O–H groups in total. The van der Waals surface area contributed by atoms with E-state index in [2.05, 4.69) is 6.07 Å². The lowest BCUT2D eigenvalue weighted by Gasteiger charge is -2.27. The quantitative estimate of drug-likeness (QED) is 0.469. The fourth-order valence-corrected chi connectivity index (χ4v) is 4.75. The van der Waals surface area contributed by atoms with Crippen LogP contribution in [0, 0.1) is 0 Å². The Labute approximate surface area is 175 Å². The van der Waals surface area contributed by atoms with Crippen molar-refractivity contribution in [3.8, 4) is 11.5 Å². The fourth-order valence-electron chi connectivity index (χ4n) is 3.77. The third-order valence-electron chi connectivity index (χ3n) is 5.14. The Hall–Kier alpha value is -1.85. The van der Waals surface area contributed by atoms with Crippen molar-refractivity contribution in [2.24, 2.45) is 0 Å². The van der Waals surface area contributed by atoms with E-state index in [4.69, 9.17) is 21.1 Å². The Bertz CT molecular complexity index is 827. The van der Waals surface area contributed by atoms with Crippen molar-refractivity contribution in [2.45, 2.75) is 36.6 Å². The first kappa shape index (κ1) is 19.5. The van der Waals surface area contributed by atoms with Gasteiger partial charge in [0.2, 0.25) is 5.91 Å². The summed E-state index contributed by atoms with van der Waals surface area (Å²) in [6, 6.07) is 14.1. The van der Waals surface area contributed by atoms with Gasteiger partial charge in [-0.2, -0.15) is 0 Å². The Morgan fingerprint density at radius 3 is 2.71 bits per heavy atom. The molecule has 0 spiro atoms. The van der Waals surface area contributed by atoms with Crippen molar-refractivity contribution < 1.29 is 14.3 Å². The number of ether oxygens (including phenoxy) is 2. The first-order valence-electron chi connectivity index (χ1n) is 9.78. The zero-order valence-electron chi connectivity index (χ0n) is 15.7. The molecule has 6 heteroatoms. The van der Waals surface area contributed by atoms with Gasteiger partial charge in [0.25, 0.3) is 0 Å². The van der Waals surface area contributed by atoms with E-state index in [0.29, 0.717) is 19.6 Å². The number of nitrogens with zero attached hydrogens (tertiary/aromatic N) is 1. The smallest absolute Gasteiger partial charge is 0.223 e. The van der Waals surface area contributed by atoms with Crippen LogP contribution in [0.5, 0.6) is 11.5 Å². The Kier molecular flexibility index (Phi) is 6.33. The van der Waals surface area contributed by atoms with Crippen LogP contribution in [0.15, 0.2) is 47.4 Å². The van der Waals surface area contributed by atoms with Crippen molar-refractivity contribution in [3.05, 3.63) is 53.1 Å². The normalized spacial score (nSPS) is 18.3. The predicted molar refractivity (Wildman–Crippen MR) is 113 cm³/mol. The molecule has 2 heterocycles. The zero-order valence-corrected chi connectivity index (χ0v) is 17.3. The molecule has 148 valence electrons. The van der Waals surface area contributed by atoms with Crippen LogP contribution < -0.4 is 9.47 Å². The number of hydrogen-bond acceptors (Lipinski definition) is 4. The maximum absolute atomic E-state index is 12.8. The summed E-state index contributed by atoms with van der Waals surface area (Å²) in [4.78, 5) is 16.0. The molecule has 2 aliphatic rings. The first-order valence-corrected chi connectivity index (χ1v) is 11.1. The molecule has 28 heavy (non-hydrogen) atoms. The summed E-state index contributed by atoms with van der Waals surface area (Å²) < 4.78 is 11.3. The highest BCUT2D eigenvalue weighted by molar-refractivity contribution is 7.99. The van der Waals surface area contributed by atoms with Gasteiger partial charge in [0.15, 0.2) is 11.5 Å². The van der Waals surface area contributed by atoms with E-state index in [1.165, 1.54) is 4.90 Å². The van der Waals surface area contributed by atoms with Crippen LogP contribution in [0.1, 0.15) is 37.3 Å². The average molecular weight is 418 g/mol. The Morgan fingerprint density at radius 2 is 1.89 bits per heavy atom. The van der Waals surface area contributed by atoms with Crippen LogP contribution in [0.4, 0.5) is 0 Å². The number of fused-ring (bicyclic) bond motifs is 1. The molecule has 2 aromatic rings. The molecule has 1 unspecified atom stereocenters. The van der Waals surface area contributed by atoms with Crippen molar-refractivity contribution in [2.75, 3.05) is 25.5 Å². The molecule has 1 fully saturated rings. The van der Waals surface area contributed by atoms with Crippen LogP contribution in [-0.2, 0) is 4.79 Å². The molecule has 0 radical (unpaired) electrons. The topological polar surface area (TPSA) is 38.8 Å². The van der Waals surface area contributed by atoms with Crippen molar-refractivity contribution in [1.29, 1.82) is 0 Å². The van der Waals surface area contributed by atoms with Gasteiger partial charge in [-0.3, -0.25) is 4.79 Å². The monoisotopic (exact) mass is 417 g/mol. The minimum Gasteiger partial charge on any atom is -0.486 e. The van der Waals surface area contributed by atoms with E-state index >= 15 is 0 Å². The van der Waals surface area contributed by atoms with E-state index < -0.39 is 0 Å². The second-order valence-corrected chi connectivity index (χ2v) is 8.66. The van der Waals surface area contributed by atoms with Crippen LogP contribution in [0.2, 0.25) is 5.02 Å². The summed E-state index contributed by atoms with van der Waals surface area (Å²) in [6.45, 7) is 2.01. The number of carbonyl (C=O) groups is 1. The zero-order chi connectivity index (χ0) is 19.3. The summed E-state index contributed by atoms with van der Waals surface area (Å²) in [5.41, 5.74) is 1.14. The van der Waals surface area contributed by atoms with Crippen molar-refractivity contribution in [1.82, 2.24) is 4.90 Å². The number of carbonyl (C=O) groups excluding carboxylic acids is 1. The summed E-state index contributed by atoms with van der Waals surface area (Å²) in [5, 5.41) is 0.749. The lowest BCUT2D eigenvalue weighted by Crippen LogP contribution is -2.30. The number of hydrogen-bond donors (Lipinski definition) is 0. The maximum atomic E-state index is 12.8. The SMILES string of the molecule is O=C(CCCSc1ccc(Cl)cc1)N1CCCC1c1ccc2c(c1)OCCO2. The van der Waals surface area contributed by atoms with E-state index in [9.17, 15) is 4.79 Å². The van der Waals surface area contributed by atoms with Crippen LogP contribution in [0.3, 0.4) is 0 Å². The van der Waals surface area contributed by atoms with Gasteiger partial charge < -0.3 is 14.4 Å². The van der Waals surface area contributed by atoms with Gasteiger partial charge in [-0.1, -0.05) is 17.7 Å². The molecular weight excluding hydrogens is 394 g/mol. The molecule has 0 aromatic heterocycles. The standard InChI is InChI=1S/C22H24ClNO3S/c23-17-6-8-18(9-7-17)28-14-2-4-22(25)24-11-1-3-19(24)16-5-10-20-21(15-16)27-13-12-26-20/h5-10,15,19H,1-4,11-14H2. The van der Waals surface area contributed by atoms with Crippen LogP contribution >= 0.6 is 23.4 Å². The average Bonchev–Trinajstić information content (AvgIpc) is 3.22. The molecule has 4 nitrogen and oxygen atoms in total. The molecule has 1 atom stereocenters. The second kappa shape index (κ2) is 9.10.